The summed E-state index contributed by atoms with van der Waals surface area (Å²) in [7, 11) is 0. The molecular formula is C29H36N2O4. The number of para-hydroxylation sites is 1. The van der Waals surface area contributed by atoms with Gasteiger partial charge in [-0.05, 0) is 50.5 Å². The Bertz CT molecular complexity index is 1120. The van der Waals surface area contributed by atoms with E-state index in [0.717, 1.165) is 53.9 Å². The Morgan fingerprint density at radius 2 is 1.43 bits per heavy atom. The number of phenolic OH excluding ortho intramolecular Hbond substituents is 1. The fourth-order valence-corrected chi connectivity index (χ4v) is 3.51. The second-order valence-electron chi connectivity index (χ2n) is 7.98. The number of nitrogens with zero attached hydrogens (tertiary/aromatic N) is 2. The van der Waals surface area contributed by atoms with Gasteiger partial charge >= 0.3 is 5.97 Å². The van der Waals surface area contributed by atoms with Crippen molar-refractivity contribution in [3.63, 3.8) is 0 Å². The topological polar surface area (TPSA) is 92.5 Å². The Hall–Kier alpha value is -3.51. The van der Waals surface area contributed by atoms with Crippen molar-refractivity contribution >= 4 is 27.8 Å². The maximum atomic E-state index is 11.9. The van der Waals surface area contributed by atoms with E-state index in [9.17, 15) is 9.90 Å². The molecule has 6 heteroatoms. The first kappa shape index (κ1) is 27.7. The zero-order chi connectivity index (χ0) is 25.5. The summed E-state index contributed by atoms with van der Waals surface area (Å²) < 4.78 is 5.41. The van der Waals surface area contributed by atoms with Crippen molar-refractivity contribution in [3.8, 4) is 5.75 Å². The number of aliphatic hydroxyl groups is 1. The van der Waals surface area contributed by atoms with Crippen molar-refractivity contribution < 1.29 is 19.7 Å². The van der Waals surface area contributed by atoms with E-state index in [1.54, 1.807) is 37.5 Å². The molecule has 0 bridgehead atoms. The van der Waals surface area contributed by atoms with Crippen molar-refractivity contribution in [3.05, 3.63) is 78.6 Å². The molecule has 0 spiro atoms. The van der Waals surface area contributed by atoms with Gasteiger partial charge in [-0.1, -0.05) is 63.1 Å². The lowest BCUT2D eigenvalue weighted by Gasteiger charge is -2.16. The molecule has 6 nitrogen and oxygen atoms in total. The lowest BCUT2D eigenvalue weighted by molar-refractivity contribution is 0.0264. The molecule has 0 aliphatic heterocycles. The number of esters is 1. The van der Waals surface area contributed by atoms with Crippen molar-refractivity contribution in [1.82, 2.24) is 9.97 Å². The van der Waals surface area contributed by atoms with E-state index in [1.165, 1.54) is 6.07 Å². The van der Waals surface area contributed by atoms with Gasteiger partial charge in [0.05, 0.1) is 11.0 Å². The number of aromatic hydroxyl groups is 1. The van der Waals surface area contributed by atoms with Crippen molar-refractivity contribution in [2.24, 2.45) is 0 Å². The van der Waals surface area contributed by atoms with E-state index in [2.05, 4.69) is 41.2 Å². The van der Waals surface area contributed by atoms with Crippen LogP contribution in [0.3, 0.4) is 0 Å². The van der Waals surface area contributed by atoms with Gasteiger partial charge in [0.15, 0.2) is 0 Å². The average molecular weight is 477 g/mol. The van der Waals surface area contributed by atoms with Crippen molar-refractivity contribution in [2.45, 2.75) is 59.0 Å². The summed E-state index contributed by atoms with van der Waals surface area (Å²) in [6.07, 6.45) is 8.64. The molecule has 0 saturated heterocycles. The standard InChI is InChI=1S/C15H22O3.C12H8N2.C2H6O/c1-3-5-6-9-12(4-2)18-15(17)13-10-7-8-11-14(13)16;1-3-9-5-6-10-4-2-8-14-12(10)11(9)13-7-1;1-2-3/h7-8,10-12,16H,3-6,9H2,1-2H3;1-8H;3H,2H2,1H3. The van der Waals surface area contributed by atoms with Crippen LogP contribution in [-0.2, 0) is 4.74 Å². The van der Waals surface area contributed by atoms with Crippen LogP contribution in [0.15, 0.2) is 73.1 Å². The Kier molecular flexibility index (Phi) is 12.2. The Labute approximate surface area is 207 Å². The molecule has 186 valence electrons. The number of benzene rings is 2. The minimum Gasteiger partial charge on any atom is -0.507 e. The zero-order valence-electron chi connectivity index (χ0n) is 20.9. The fraction of sp³-hybridized carbons (Fsp3) is 0.345. The largest absolute Gasteiger partial charge is 0.507 e. The molecule has 0 radical (unpaired) electrons. The Morgan fingerprint density at radius 1 is 0.857 bits per heavy atom. The number of fused-ring (bicyclic) bond motifs is 3. The molecule has 4 aromatic rings. The molecule has 4 rings (SSSR count). The predicted octanol–water partition coefficient (Wildman–Crippen LogP) is 6.69. The summed E-state index contributed by atoms with van der Waals surface area (Å²) in [5.41, 5.74) is 2.20. The highest BCUT2D eigenvalue weighted by Crippen LogP contribution is 2.21. The number of aromatic nitrogens is 2. The molecule has 2 aromatic heterocycles. The molecule has 2 heterocycles. The number of hydrogen-bond donors (Lipinski definition) is 2. The van der Waals surface area contributed by atoms with Crippen LogP contribution in [0.5, 0.6) is 5.75 Å². The van der Waals surface area contributed by atoms with Crippen LogP contribution < -0.4 is 0 Å². The van der Waals surface area contributed by atoms with Gasteiger partial charge in [0, 0.05) is 29.8 Å². The fourth-order valence-electron chi connectivity index (χ4n) is 3.51. The molecule has 1 atom stereocenters. The zero-order valence-corrected chi connectivity index (χ0v) is 20.9. The normalized spacial score (nSPS) is 11.1. The number of pyridine rings is 2. The molecule has 0 saturated carbocycles. The molecule has 0 fully saturated rings. The number of ether oxygens (including phenoxy) is 1. The Balaban J connectivity index is 0.000000226. The summed E-state index contributed by atoms with van der Waals surface area (Å²) in [6, 6.07) is 18.6. The monoisotopic (exact) mass is 476 g/mol. The molecule has 35 heavy (non-hydrogen) atoms. The summed E-state index contributed by atoms with van der Waals surface area (Å²) >= 11 is 0. The van der Waals surface area contributed by atoms with E-state index >= 15 is 0 Å². The summed E-state index contributed by atoms with van der Waals surface area (Å²) in [5.74, 6) is -0.456. The summed E-state index contributed by atoms with van der Waals surface area (Å²) in [6.45, 7) is 6.09. The average Bonchev–Trinajstić information content (AvgIpc) is 2.89. The van der Waals surface area contributed by atoms with Gasteiger partial charge in [0.25, 0.3) is 0 Å². The number of carbonyl (C=O) groups is 1. The van der Waals surface area contributed by atoms with Crippen LogP contribution in [0.25, 0.3) is 21.8 Å². The molecule has 2 aromatic carbocycles. The highest BCUT2D eigenvalue weighted by molar-refractivity contribution is 6.02. The third-order valence-electron chi connectivity index (χ3n) is 5.33. The maximum Gasteiger partial charge on any atom is 0.342 e. The van der Waals surface area contributed by atoms with Crippen LogP contribution in [0.1, 0.15) is 63.2 Å². The lowest BCUT2D eigenvalue weighted by atomic mass is 10.1. The number of rotatable bonds is 7. The van der Waals surface area contributed by atoms with Crippen LogP contribution in [0.2, 0.25) is 0 Å². The van der Waals surface area contributed by atoms with E-state index in [4.69, 9.17) is 9.84 Å². The van der Waals surface area contributed by atoms with Gasteiger partial charge < -0.3 is 14.9 Å². The molecule has 0 aliphatic rings. The Morgan fingerprint density at radius 3 is 1.94 bits per heavy atom. The van der Waals surface area contributed by atoms with Gasteiger partial charge in [-0.25, -0.2) is 4.79 Å². The van der Waals surface area contributed by atoms with E-state index in [1.807, 2.05) is 19.1 Å². The quantitative estimate of drug-likeness (QED) is 0.175. The van der Waals surface area contributed by atoms with Crippen LogP contribution in [0, 0.1) is 0 Å². The van der Waals surface area contributed by atoms with Gasteiger partial charge in [0.1, 0.15) is 17.4 Å². The minimum absolute atomic E-state index is 0.0223. The number of unbranched alkanes of at least 4 members (excludes halogenated alkanes) is 2. The predicted molar refractivity (Wildman–Crippen MR) is 142 cm³/mol. The second kappa shape index (κ2) is 15.4. The number of phenols is 1. The molecule has 2 N–H and O–H groups in total. The van der Waals surface area contributed by atoms with Crippen LogP contribution in [-0.4, -0.2) is 38.9 Å². The highest BCUT2D eigenvalue weighted by Gasteiger charge is 2.16. The van der Waals surface area contributed by atoms with Crippen molar-refractivity contribution in [1.29, 1.82) is 0 Å². The highest BCUT2D eigenvalue weighted by atomic mass is 16.5. The van der Waals surface area contributed by atoms with Gasteiger partial charge in [0.2, 0.25) is 0 Å². The third kappa shape index (κ3) is 8.65. The van der Waals surface area contributed by atoms with E-state index in [0.29, 0.717) is 0 Å². The second-order valence-corrected chi connectivity index (χ2v) is 7.98. The molecular weight excluding hydrogens is 440 g/mol. The summed E-state index contributed by atoms with van der Waals surface area (Å²) in [4.78, 5) is 20.6. The SMILES string of the molecule is CCCCCC(CC)OC(=O)c1ccccc1O.CCO.c1cnc2c(c1)ccc1cccnc12. The van der Waals surface area contributed by atoms with Gasteiger partial charge in [-0.2, -0.15) is 0 Å². The first-order valence-electron chi connectivity index (χ1n) is 12.2. The summed E-state index contributed by atoms with van der Waals surface area (Å²) in [5, 5.41) is 19.4. The molecule has 1 unspecified atom stereocenters. The van der Waals surface area contributed by atoms with Crippen LogP contribution in [0.4, 0.5) is 0 Å². The maximum absolute atomic E-state index is 11.9. The van der Waals surface area contributed by atoms with Gasteiger partial charge in [-0.3, -0.25) is 9.97 Å². The van der Waals surface area contributed by atoms with Crippen LogP contribution >= 0.6 is 0 Å². The van der Waals surface area contributed by atoms with E-state index < -0.39 is 5.97 Å². The lowest BCUT2D eigenvalue weighted by Crippen LogP contribution is -2.17. The molecule has 0 aliphatic carbocycles. The number of aliphatic hydroxyl groups excluding tert-OH is 1. The van der Waals surface area contributed by atoms with Crippen molar-refractivity contribution in [2.75, 3.05) is 6.61 Å². The minimum atomic E-state index is -0.434. The smallest absolute Gasteiger partial charge is 0.342 e. The first-order chi connectivity index (χ1) is 17.0. The first-order valence-corrected chi connectivity index (χ1v) is 12.2. The molecule has 0 amide bonds. The number of hydrogen-bond acceptors (Lipinski definition) is 6. The van der Waals surface area contributed by atoms with Gasteiger partial charge in [-0.15, -0.1) is 0 Å². The van der Waals surface area contributed by atoms with E-state index in [-0.39, 0.29) is 24.0 Å². The third-order valence-corrected chi connectivity index (χ3v) is 5.33. The number of carbonyl (C=O) groups excluding carboxylic acids is 1.